The van der Waals surface area contributed by atoms with E-state index in [1.54, 1.807) is 0 Å². The number of benzene rings is 4. The van der Waals surface area contributed by atoms with Gasteiger partial charge in [-0.25, -0.2) is 0 Å². The maximum atomic E-state index is 6.22. The van der Waals surface area contributed by atoms with Gasteiger partial charge in [-0.2, -0.15) is 0 Å². The van der Waals surface area contributed by atoms with Gasteiger partial charge in [-0.1, -0.05) is 109 Å². The van der Waals surface area contributed by atoms with Crippen LogP contribution in [-0.4, -0.2) is 19.5 Å². The van der Waals surface area contributed by atoms with Crippen LogP contribution in [0.4, 0.5) is 0 Å². The van der Waals surface area contributed by atoms with Crippen molar-refractivity contribution >= 4 is 21.5 Å². The molecule has 0 saturated heterocycles. The van der Waals surface area contributed by atoms with E-state index in [4.69, 9.17) is 14.2 Å². The van der Waals surface area contributed by atoms with Crippen LogP contribution < -0.4 is 4.74 Å². The van der Waals surface area contributed by atoms with Crippen LogP contribution in [0.15, 0.2) is 78.9 Å². The first-order valence-corrected chi connectivity index (χ1v) is 14.2. The van der Waals surface area contributed by atoms with E-state index in [1.165, 1.54) is 32.7 Å². The van der Waals surface area contributed by atoms with Crippen LogP contribution in [0.25, 0.3) is 21.5 Å². The van der Waals surface area contributed by atoms with Gasteiger partial charge in [0.15, 0.2) is 6.29 Å². The molecule has 0 aliphatic heterocycles. The summed E-state index contributed by atoms with van der Waals surface area (Å²) >= 11 is 0. The molecule has 0 aromatic heterocycles. The molecule has 0 radical (unpaired) electrons. The molecule has 208 valence electrons. The summed E-state index contributed by atoms with van der Waals surface area (Å²) in [6.07, 6.45) is -0.417. The Balaban J connectivity index is 1.34. The van der Waals surface area contributed by atoms with Gasteiger partial charge < -0.3 is 14.2 Å². The Hall–Kier alpha value is -2.88. The van der Waals surface area contributed by atoms with Crippen LogP contribution in [-0.2, 0) is 14.9 Å². The summed E-state index contributed by atoms with van der Waals surface area (Å²) in [5.74, 6) is 0.813. The molecule has 0 saturated carbocycles. The van der Waals surface area contributed by atoms with Crippen LogP contribution in [0.5, 0.6) is 5.75 Å². The fourth-order valence-corrected chi connectivity index (χ4v) is 6.03. The molecule has 0 amide bonds. The van der Waals surface area contributed by atoms with Crippen molar-refractivity contribution < 1.29 is 14.2 Å². The Kier molecular flexibility index (Phi) is 8.44. The Bertz CT molecular complexity index is 1380. The molecule has 4 rings (SSSR count). The molecule has 39 heavy (non-hydrogen) atoms. The molecule has 0 fully saturated rings. The van der Waals surface area contributed by atoms with E-state index < -0.39 is 0 Å². The Morgan fingerprint density at radius 2 is 1.15 bits per heavy atom. The monoisotopic (exact) mass is 526 g/mol. The highest BCUT2D eigenvalue weighted by molar-refractivity contribution is 6.09. The number of fused-ring (bicyclic) bond motifs is 3. The van der Waals surface area contributed by atoms with Crippen LogP contribution >= 0.6 is 0 Å². The smallest absolute Gasteiger partial charge is 0.197 e. The molecule has 3 heteroatoms. The molecule has 0 aliphatic rings. The molecule has 0 spiro atoms. The summed E-state index contributed by atoms with van der Waals surface area (Å²) in [6.45, 7) is 21.3. The molecule has 3 nitrogen and oxygen atoms in total. The second kappa shape index (κ2) is 11.3. The van der Waals surface area contributed by atoms with Crippen molar-refractivity contribution in [1.82, 2.24) is 0 Å². The average molecular weight is 527 g/mol. The third-order valence-electron chi connectivity index (χ3n) is 8.78. The van der Waals surface area contributed by atoms with E-state index >= 15 is 0 Å². The lowest BCUT2D eigenvalue weighted by Crippen LogP contribution is -2.47. The molecule has 2 atom stereocenters. The normalized spacial score (nSPS) is 14.5. The molecule has 4 aromatic carbocycles. The lowest BCUT2D eigenvalue weighted by molar-refractivity contribution is -0.0902. The predicted octanol–water partition coefficient (Wildman–Crippen LogP) is 9.86. The number of rotatable bonds is 9. The fraction of sp³-hybridized carbons (Fsp3) is 0.444. The third-order valence-corrected chi connectivity index (χ3v) is 8.78. The van der Waals surface area contributed by atoms with Crippen molar-refractivity contribution in [1.29, 1.82) is 0 Å². The van der Waals surface area contributed by atoms with Gasteiger partial charge in [0.2, 0.25) is 0 Å². The molecule has 0 aliphatic carbocycles. The van der Waals surface area contributed by atoms with Crippen LogP contribution in [0.3, 0.4) is 0 Å². The lowest BCUT2D eigenvalue weighted by Gasteiger charge is -2.52. The Morgan fingerprint density at radius 3 is 1.77 bits per heavy atom. The van der Waals surface area contributed by atoms with Crippen molar-refractivity contribution in [2.75, 3.05) is 13.2 Å². The van der Waals surface area contributed by atoms with E-state index in [1.807, 2.05) is 6.92 Å². The Morgan fingerprint density at radius 1 is 0.615 bits per heavy atom. The summed E-state index contributed by atoms with van der Waals surface area (Å²) in [7, 11) is 0. The zero-order chi connectivity index (χ0) is 28.4. The molecular formula is C36H46O3. The van der Waals surface area contributed by atoms with Gasteiger partial charge in [-0.3, -0.25) is 0 Å². The van der Waals surface area contributed by atoms with Crippen molar-refractivity contribution in [3.8, 4) is 5.75 Å². The third kappa shape index (κ3) is 6.00. The summed E-state index contributed by atoms with van der Waals surface area (Å²) in [4.78, 5) is 0. The van der Waals surface area contributed by atoms with Crippen molar-refractivity contribution in [2.24, 2.45) is 10.8 Å². The molecule has 4 aromatic rings. The first kappa shape index (κ1) is 29.1. The number of ether oxygens (including phenoxy) is 3. The van der Waals surface area contributed by atoms with Crippen LogP contribution in [0.1, 0.15) is 79.5 Å². The van der Waals surface area contributed by atoms with Gasteiger partial charge in [0.1, 0.15) is 5.75 Å². The van der Waals surface area contributed by atoms with E-state index in [0.29, 0.717) is 13.2 Å². The highest BCUT2D eigenvalue weighted by Gasteiger charge is 2.47. The van der Waals surface area contributed by atoms with Gasteiger partial charge in [0, 0.05) is 5.41 Å². The van der Waals surface area contributed by atoms with E-state index in [9.17, 15) is 0 Å². The minimum atomic E-state index is -0.368. The van der Waals surface area contributed by atoms with Gasteiger partial charge in [0.25, 0.3) is 0 Å². The zero-order valence-corrected chi connectivity index (χ0v) is 25.3. The SMILES string of the molecule is CC(OCCOC(C)c1cc2ccccc2c2ccccc12)Oc1ccc(C(C)(C(C)(C)C)C(C)(C)C)cc1. The number of hydrogen-bond acceptors (Lipinski definition) is 3. The lowest BCUT2D eigenvalue weighted by atomic mass is 9.52. The standard InChI is InChI=1S/C36H46O3/c1-25(33-24-27-14-10-11-15-30(27)31-16-12-13-17-32(31)33)37-22-23-38-26(2)39-29-20-18-28(19-21-29)36(9,34(3,4)5)35(6,7)8/h10-21,24-26H,22-23H2,1-9H3. The van der Waals surface area contributed by atoms with Crippen LogP contribution in [0, 0.1) is 10.8 Å². The maximum Gasteiger partial charge on any atom is 0.197 e. The summed E-state index contributed by atoms with van der Waals surface area (Å²) in [5.41, 5.74) is 2.75. The van der Waals surface area contributed by atoms with Gasteiger partial charge in [0.05, 0.1) is 19.3 Å². The van der Waals surface area contributed by atoms with Gasteiger partial charge in [-0.15, -0.1) is 0 Å². The minimum absolute atomic E-state index is 0.00500. The van der Waals surface area contributed by atoms with E-state index in [-0.39, 0.29) is 28.6 Å². The van der Waals surface area contributed by atoms with Gasteiger partial charge >= 0.3 is 0 Å². The largest absolute Gasteiger partial charge is 0.465 e. The Labute approximate surface area is 235 Å². The van der Waals surface area contributed by atoms with Crippen molar-refractivity contribution in [3.05, 3.63) is 90.0 Å². The van der Waals surface area contributed by atoms with Crippen molar-refractivity contribution in [3.63, 3.8) is 0 Å². The highest BCUT2D eigenvalue weighted by Crippen LogP contribution is 2.53. The minimum Gasteiger partial charge on any atom is -0.465 e. The van der Waals surface area contributed by atoms with E-state index in [2.05, 4.69) is 134 Å². The van der Waals surface area contributed by atoms with Crippen LogP contribution in [0.2, 0.25) is 0 Å². The summed E-state index contributed by atoms with van der Waals surface area (Å²) in [6, 6.07) is 27.9. The second-order valence-electron chi connectivity index (χ2n) is 13.0. The maximum absolute atomic E-state index is 6.22. The number of hydrogen-bond donors (Lipinski definition) is 0. The quantitative estimate of drug-likeness (QED) is 0.123. The van der Waals surface area contributed by atoms with E-state index in [0.717, 1.165) is 5.75 Å². The highest BCUT2D eigenvalue weighted by atomic mass is 16.7. The zero-order valence-electron chi connectivity index (χ0n) is 25.3. The summed E-state index contributed by atoms with van der Waals surface area (Å²) in [5, 5.41) is 5.00. The topological polar surface area (TPSA) is 27.7 Å². The first-order chi connectivity index (χ1) is 18.3. The molecule has 0 bridgehead atoms. The predicted molar refractivity (Wildman–Crippen MR) is 165 cm³/mol. The molecule has 0 N–H and O–H groups in total. The molecule has 2 unspecified atom stereocenters. The average Bonchev–Trinajstić information content (AvgIpc) is 2.89. The van der Waals surface area contributed by atoms with Crippen molar-refractivity contribution in [2.45, 2.75) is 80.1 Å². The molecular weight excluding hydrogens is 480 g/mol. The fourth-order valence-electron chi connectivity index (χ4n) is 6.03. The summed E-state index contributed by atoms with van der Waals surface area (Å²) < 4.78 is 18.2. The second-order valence-corrected chi connectivity index (χ2v) is 13.0. The van der Waals surface area contributed by atoms with Gasteiger partial charge in [-0.05, 0) is 75.5 Å². The first-order valence-electron chi connectivity index (χ1n) is 14.2. The molecule has 0 heterocycles.